The second-order valence-electron chi connectivity index (χ2n) is 1.16. The van der Waals surface area contributed by atoms with E-state index in [0.717, 1.165) is 0 Å². The van der Waals surface area contributed by atoms with Crippen molar-refractivity contribution in [3.63, 3.8) is 0 Å². The number of aliphatic carboxylic acids is 1. The predicted molar refractivity (Wildman–Crippen MR) is 22.0 cm³/mol. The minimum atomic E-state index is -1.30. The average molecular weight is 126 g/mol. The molecule has 1 atom stereocenters. The van der Waals surface area contributed by atoms with Gasteiger partial charge in [0, 0.05) is 6.54 Å². The van der Waals surface area contributed by atoms with Crippen LogP contribution < -0.4 is 46.1 Å². The van der Waals surface area contributed by atoms with E-state index in [1.165, 1.54) is 0 Å². The fourth-order valence-electron chi connectivity index (χ4n) is 0.0962. The third-order valence-corrected chi connectivity index (χ3v) is 0.557. The summed E-state index contributed by atoms with van der Waals surface area (Å²) >= 11 is 0. The summed E-state index contributed by atoms with van der Waals surface area (Å²) in [6.45, 7) is -0.0671. The molecule has 0 aromatic rings. The largest absolute Gasteiger partial charge is 1.00 e. The normalized spacial score (nSPS) is 11.8. The van der Waals surface area contributed by atoms with Crippen molar-refractivity contribution in [3.05, 3.63) is 0 Å². The van der Waals surface area contributed by atoms with Gasteiger partial charge in [-0.25, -0.2) is 0 Å². The van der Waals surface area contributed by atoms with E-state index in [1.807, 2.05) is 0 Å². The zero-order chi connectivity index (χ0) is 5.86. The number of carboxylic acid groups (broad SMARTS) is 1. The van der Waals surface area contributed by atoms with Gasteiger partial charge in [0.15, 0.2) is 0 Å². The molecule has 0 saturated heterocycles. The zero-order valence-corrected chi connectivity index (χ0v) is 6.76. The minimum Gasteiger partial charge on any atom is -0.548 e. The van der Waals surface area contributed by atoms with Gasteiger partial charge in [-0.2, -0.15) is 0 Å². The van der Waals surface area contributed by atoms with Gasteiger partial charge < -0.3 is 21.4 Å². The molecular weight excluding hydrogens is 119 g/mol. The van der Waals surface area contributed by atoms with Crippen LogP contribution in [-0.4, -0.2) is 18.6 Å². The number of hydrogen-bond acceptors (Lipinski definition) is 4. The molecule has 0 aromatic carbocycles. The smallest absolute Gasteiger partial charge is 0.548 e. The summed E-state index contributed by atoms with van der Waals surface area (Å²) in [5.41, 5.74) is 9.66. The molecule has 0 saturated carbocycles. The van der Waals surface area contributed by atoms with Crippen LogP contribution in [0.25, 0.3) is 0 Å². The summed E-state index contributed by atoms with van der Waals surface area (Å²) in [6, 6.07) is -1.01. The molecule has 0 spiro atoms. The summed E-state index contributed by atoms with van der Waals surface area (Å²) < 4.78 is 0. The Morgan fingerprint density at radius 1 is 1.75 bits per heavy atom. The van der Waals surface area contributed by atoms with Crippen molar-refractivity contribution in [2.45, 2.75) is 6.04 Å². The maximum absolute atomic E-state index is 9.61. The van der Waals surface area contributed by atoms with Crippen LogP contribution in [0.3, 0.4) is 0 Å². The van der Waals surface area contributed by atoms with Gasteiger partial charge in [-0.3, -0.25) is 0 Å². The Balaban J connectivity index is 0. The van der Waals surface area contributed by atoms with E-state index >= 15 is 0 Å². The Hall–Kier alpha value is 0.390. The van der Waals surface area contributed by atoms with E-state index in [9.17, 15) is 9.90 Å². The quantitative estimate of drug-likeness (QED) is 0.360. The second kappa shape index (κ2) is 5.53. The van der Waals surface area contributed by atoms with Crippen molar-refractivity contribution < 1.29 is 39.5 Å². The summed E-state index contributed by atoms with van der Waals surface area (Å²) in [7, 11) is 0. The minimum absolute atomic E-state index is 0. The Labute approximate surface area is 69.5 Å². The van der Waals surface area contributed by atoms with Crippen LogP contribution in [0.4, 0.5) is 0 Å². The van der Waals surface area contributed by atoms with E-state index in [-0.39, 0.29) is 36.1 Å². The molecular formula is C3H7N2NaO2. The second-order valence-corrected chi connectivity index (χ2v) is 1.16. The van der Waals surface area contributed by atoms with E-state index in [4.69, 9.17) is 11.5 Å². The number of carbonyl (C=O) groups is 1. The molecule has 0 fully saturated rings. The van der Waals surface area contributed by atoms with Crippen molar-refractivity contribution in [1.82, 2.24) is 0 Å². The number of carbonyl (C=O) groups excluding carboxylic acids is 1. The Morgan fingerprint density at radius 2 is 2.12 bits per heavy atom. The first-order valence-corrected chi connectivity index (χ1v) is 1.85. The standard InChI is InChI=1S/C3H8N2O2.Na/c4-1-2(5)3(6)7;/h2H,1,4-5H2,(H,6,7);/q;+1/p-1. The first-order valence-electron chi connectivity index (χ1n) is 1.85. The van der Waals surface area contributed by atoms with Gasteiger partial charge in [-0.15, -0.1) is 0 Å². The fourth-order valence-corrected chi connectivity index (χ4v) is 0.0962. The summed E-state index contributed by atoms with van der Waals surface area (Å²) in [4.78, 5) is 9.61. The van der Waals surface area contributed by atoms with Crippen LogP contribution in [0.2, 0.25) is 0 Å². The third-order valence-electron chi connectivity index (χ3n) is 0.557. The topological polar surface area (TPSA) is 92.2 Å². The van der Waals surface area contributed by atoms with E-state index in [0.29, 0.717) is 0 Å². The molecule has 0 bridgehead atoms. The molecule has 4 nitrogen and oxygen atoms in total. The van der Waals surface area contributed by atoms with Crippen molar-refractivity contribution >= 4 is 5.97 Å². The van der Waals surface area contributed by atoms with Gasteiger partial charge in [0.05, 0.1) is 12.0 Å². The molecule has 1 unspecified atom stereocenters. The van der Waals surface area contributed by atoms with Crippen molar-refractivity contribution in [1.29, 1.82) is 0 Å². The predicted octanol–water partition coefficient (Wildman–Crippen LogP) is -5.97. The first kappa shape index (κ1) is 11.2. The van der Waals surface area contributed by atoms with E-state index in [1.54, 1.807) is 0 Å². The van der Waals surface area contributed by atoms with Gasteiger partial charge in [0.2, 0.25) is 0 Å². The number of hydrogen-bond donors (Lipinski definition) is 2. The van der Waals surface area contributed by atoms with Crippen LogP contribution in [0.15, 0.2) is 0 Å². The summed E-state index contributed by atoms with van der Waals surface area (Å²) in [5.74, 6) is -1.30. The molecule has 5 heteroatoms. The Bertz CT molecular complexity index is 77.7. The molecule has 0 aliphatic carbocycles. The SMILES string of the molecule is NCC(N)C(=O)[O-].[Na+]. The van der Waals surface area contributed by atoms with Crippen LogP contribution >= 0.6 is 0 Å². The van der Waals surface area contributed by atoms with Crippen molar-refractivity contribution in [2.75, 3.05) is 6.54 Å². The summed E-state index contributed by atoms with van der Waals surface area (Å²) in [5, 5.41) is 9.61. The van der Waals surface area contributed by atoms with E-state index in [2.05, 4.69) is 0 Å². The van der Waals surface area contributed by atoms with Crippen molar-refractivity contribution in [2.24, 2.45) is 11.5 Å². The first-order chi connectivity index (χ1) is 3.18. The average Bonchev–Trinajstić information content (AvgIpc) is 1.65. The molecule has 0 heterocycles. The molecule has 0 amide bonds. The zero-order valence-electron chi connectivity index (χ0n) is 4.76. The fraction of sp³-hybridized carbons (Fsp3) is 0.667. The molecule has 0 aliphatic heterocycles. The van der Waals surface area contributed by atoms with Crippen LogP contribution in [0.5, 0.6) is 0 Å². The molecule has 0 aromatic heterocycles. The van der Waals surface area contributed by atoms with Crippen LogP contribution in [0.1, 0.15) is 0 Å². The van der Waals surface area contributed by atoms with Gasteiger partial charge in [0.1, 0.15) is 0 Å². The third kappa shape index (κ3) is 4.55. The van der Waals surface area contributed by atoms with Gasteiger partial charge >= 0.3 is 29.6 Å². The summed E-state index contributed by atoms with van der Waals surface area (Å²) in [6.07, 6.45) is 0. The number of nitrogens with two attached hydrogens (primary N) is 2. The maximum Gasteiger partial charge on any atom is 1.00 e. The molecule has 0 aliphatic rings. The van der Waals surface area contributed by atoms with Crippen LogP contribution in [0, 0.1) is 0 Å². The monoisotopic (exact) mass is 126 g/mol. The van der Waals surface area contributed by atoms with Gasteiger partial charge in [-0.05, 0) is 0 Å². The van der Waals surface area contributed by atoms with Crippen LogP contribution in [-0.2, 0) is 4.79 Å². The Morgan fingerprint density at radius 3 is 2.12 bits per heavy atom. The van der Waals surface area contributed by atoms with E-state index < -0.39 is 12.0 Å². The van der Waals surface area contributed by atoms with Gasteiger partial charge in [0.25, 0.3) is 0 Å². The number of carboxylic acids is 1. The molecule has 0 radical (unpaired) electrons. The molecule has 4 N–H and O–H groups in total. The molecule has 8 heavy (non-hydrogen) atoms. The number of rotatable bonds is 2. The Kier molecular flexibility index (Phi) is 7.75. The van der Waals surface area contributed by atoms with Gasteiger partial charge in [-0.1, -0.05) is 0 Å². The maximum atomic E-state index is 9.61. The van der Waals surface area contributed by atoms with Crippen molar-refractivity contribution in [3.8, 4) is 0 Å². The molecule has 0 rings (SSSR count). The molecule has 42 valence electrons.